The molecule has 8 heteroatoms. The van der Waals surface area contributed by atoms with Crippen LogP contribution in [0.15, 0.2) is 48.5 Å². The molecule has 0 spiro atoms. The molecule has 0 radical (unpaired) electrons. The van der Waals surface area contributed by atoms with Crippen LogP contribution in [-0.4, -0.2) is 55.4 Å². The molecule has 2 aromatic carbocycles. The van der Waals surface area contributed by atoms with Gasteiger partial charge in [-0.3, -0.25) is 19.3 Å². The van der Waals surface area contributed by atoms with Crippen molar-refractivity contribution >= 4 is 29.1 Å². The van der Waals surface area contributed by atoms with Crippen molar-refractivity contribution in [1.82, 2.24) is 10.2 Å². The molecule has 152 valence electrons. The Morgan fingerprint density at radius 3 is 2.59 bits per heavy atom. The maximum Gasteiger partial charge on any atom is 0.257 e. The number of rotatable bonds is 7. The molecule has 0 saturated carbocycles. The molecule has 0 aromatic heterocycles. The number of piperazine rings is 1. The maximum atomic E-state index is 12.7. The van der Waals surface area contributed by atoms with E-state index in [4.69, 9.17) is 4.74 Å². The molecule has 1 heterocycles. The van der Waals surface area contributed by atoms with Gasteiger partial charge in [-0.1, -0.05) is 12.1 Å². The van der Waals surface area contributed by atoms with E-state index in [1.54, 1.807) is 53.4 Å². The minimum absolute atomic E-state index is 0.0856. The van der Waals surface area contributed by atoms with Crippen molar-refractivity contribution < 1.29 is 19.1 Å². The first-order chi connectivity index (χ1) is 14.0. The second-order valence-electron chi connectivity index (χ2n) is 6.57. The molecule has 1 aliphatic rings. The van der Waals surface area contributed by atoms with Crippen molar-refractivity contribution in [3.63, 3.8) is 0 Å². The number of carbonyl (C=O) groups is 3. The minimum atomic E-state index is -0.331. The highest BCUT2D eigenvalue weighted by Gasteiger charge is 2.20. The van der Waals surface area contributed by atoms with E-state index < -0.39 is 0 Å². The number of nitrogens with zero attached hydrogens (tertiary/aromatic N) is 1. The Labute approximate surface area is 169 Å². The van der Waals surface area contributed by atoms with E-state index in [0.717, 1.165) is 5.75 Å². The summed E-state index contributed by atoms with van der Waals surface area (Å²) in [6.45, 7) is 3.88. The number of para-hydroxylation sites is 1. The standard InChI is InChI=1S/C21H24N4O4/c1-2-29-16-9-7-15(8-10-16)23-21(28)17-5-3-4-6-18(17)24-20(27)14-25-12-11-22-19(26)13-25/h3-10H,2,11-14H2,1H3,(H,22,26)(H,23,28)(H,24,27). The normalized spacial score (nSPS) is 14.0. The molecule has 2 aromatic rings. The number of anilines is 2. The van der Waals surface area contributed by atoms with Crippen molar-refractivity contribution in [2.45, 2.75) is 6.92 Å². The fraction of sp³-hybridized carbons (Fsp3) is 0.286. The molecule has 1 aliphatic heterocycles. The van der Waals surface area contributed by atoms with E-state index in [0.29, 0.717) is 36.6 Å². The summed E-state index contributed by atoms with van der Waals surface area (Å²) in [7, 11) is 0. The van der Waals surface area contributed by atoms with Crippen molar-refractivity contribution in [2.24, 2.45) is 0 Å². The zero-order valence-electron chi connectivity index (χ0n) is 16.2. The van der Waals surface area contributed by atoms with Gasteiger partial charge in [0.05, 0.1) is 30.9 Å². The molecule has 3 rings (SSSR count). The lowest BCUT2D eigenvalue weighted by Crippen LogP contribution is -2.49. The Kier molecular flexibility index (Phi) is 6.80. The van der Waals surface area contributed by atoms with Crippen LogP contribution in [0.5, 0.6) is 5.75 Å². The molecule has 0 atom stereocenters. The second-order valence-corrected chi connectivity index (χ2v) is 6.57. The number of nitrogens with one attached hydrogen (secondary N) is 3. The molecule has 29 heavy (non-hydrogen) atoms. The third-order valence-electron chi connectivity index (χ3n) is 4.35. The fourth-order valence-electron chi connectivity index (χ4n) is 3.01. The quantitative estimate of drug-likeness (QED) is 0.662. The molecule has 0 bridgehead atoms. The van der Waals surface area contributed by atoms with Gasteiger partial charge >= 0.3 is 0 Å². The van der Waals surface area contributed by atoms with Crippen LogP contribution in [0.4, 0.5) is 11.4 Å². The van der Waals surface area contributed by atoms with E-state index in [-0.39, 0.29) is 30.8 Å². The monoisotopic (exact) mass is 396 g/mol. The van der Waals surface area contributed by atoms with Gasteiger partial charge in [-0.15, -0.1) is 0 Å². The predicted molar refractivity (Wildman–Crippen MR) is 110 cm³/mol. The van der Waals surface area contributed by atoms with Crippen LogP contribution in [0.2, 0.25) is 0 Å². The van der Waals surface area contributed by atoms with Gasteiger partial charge < -0.3 is 20.7 Å². The Balaban J connectivity index is 1.63. The van der Waals surface area contributed by atoms with Gasteiger partial charge in [0.1, 0.15) is 5.75 Å². The van der Waals surface area contributed by atoms with Crippen LogP contribution in [0, 0.1) is 0 Å². The van der Waals surface area contributed by atoms with Crippen LogP contribution in [0.3, 0.4) is 0 Å². The van der Waals surface area contributed by atoms with E-state index in [1.807, 2.05) is 6.92 Å². The molecular weight excluding hydrogens is 372 g/mol. The van der Waals surface area contributed by atoms with E-state index >= 15 is 0 Å². The molecule has 1 saturated heterocycles. The first-order valence-electron chi connectivity index (χ1n) is 9.47. The summed E-state index contributed by atoms with van der Waals surface area (Å²) in [5, 5.41) is 8.31. The van der Waals surface area contributed by atoms with Crippen LogP contribution in [0.25, 0.3) is 0 Å². The van der Waals surface area contributed by atoms with Gasteiger partial charge in [-0.2, -0.15) is 0 Å². The zero-order valence-corrected chi connectivity index (χ0v) is 16.2. The van der Waals surface area contributed by atoms with Gasteiger partial charge in [0.15, 0.2) is 0 Å². The average Bonchev–Trinajstić information content (AvgIpc) is 2.70. The van der Waals surface area contributed by atoms with Crippen LogP contribution in [-0.2, 0) is 9.59 Å². The lowest BCUT2D eigenvalue weighted by Gasteiger charge is -2.25. The highest BCUT2D eigenvalue weighted by atomic mass is 16.5. The van der Waals surface area contributed by atoms with Gasteiger partial charge in [-0.25, -0.2) is 0 Å². The fourth-order valence-corrected chi connectivity index (χ4v) is 3.01. The minimum Gasteiger partial charge on any atom is -0.494 e. The molecular formula is C21H24N4O4. The first kappa shape index (κ1) is 20.3. The van der Waals surface area contributed by atoms with E-state index in [1.165, 1.54) is 0 Å². The highest BCUT2D eigenvalue weighted by Crippen LogP contribution is 2.19. The number of hydrogen-bond donors (Lipinski definition) is 3. The summed E-state index contributed by atoms with van der Waals surface area (Å²) >= 11 is 0. The third-order valence-corrected chi connectivity index (χ3v) is 4.35. The summed E-state index contributed by atoms with van der Waals surface area (Å²) in [5.74, 6) is 0.0205. The average molecular weight is 396 g/mol. The number of benzene rings is 2. The maximum absolute atomic E-state index is 12.7. The van der Waals surface area contributed by atoms with Gasteiger partial charge in [0.2, 0.25) is 11.8 Å². The van der Waals surface area contributed by atoms with Crippen LogP contribution < -0.4 is 20.7 Å². The predicted octanol–water partition coefficient (Wildman–Crippen LogP) is 1.71. The molecule has 3 N–H and O–H groups in total. The van der Waals surface area contributed by atoms with Gasteiger partial charge in [-0.05, 0) is 43.3 Å². The largest absolute Gasteiger partial charge is 0.494 e. The summed E-state index contributed by atoms with van der Waals surface area (Å²) in [6, 6.07) is 13.9. The second kappa shape index (κ2) is 9.70. The highest BCUT2D eigenvalue weighted by molar-refractivity contribution is 6.10. The summed E-state index contributed by atoms with van der Waals surface area (Å²) in [4.78, 5) is 38.3. The van der Waals surface area contributed by atoms with Crippen molar-refractivity contribution in [2.75, 3.05) is 43.4 Å². The lowest BCUT2D eigenvalue weighted by molar-refractivity contribution is -0.125. The third kappa shape index (κ3) is 5.79. The van der Waals surface area contributed by atoms with Crippen molar-refractivity contribution in [3.05, 3.63) is 54.1 Å². The number of hydrogen-bond acceptors (Lipinski definition) is 5. The summed E-state index contributed by atoms with van der Waals surface area (Å²) < 4.78 is 5.39. The summed E-state index contributed by atoms with van der Waals surface area (Å²) in [6.07, 6.45) is 0. The van der Waals surface area contributed by atoms with Crippen LogP contribution >= 0.6 is 0 Å². The Morgan fingerprint density at radius 1 is 1.10 bits per heavy atom. The first-order valence-corrected chi connectivity index (χ1v) is 9.47. The topological polar surface area (TPSA) is 99.8 Å². The Morgan fingerprint density at radius 2 is 1.86 bits per heavy atom. The SMILES string of the molecule is CCOc1ccc(NC(=O)c2ccccc2NC(=O)CN2CCNC(=O)C2)cc1. The number of carbonyl (C=O) groups excluding carboxylic acids is 3. The lowest BCUT2D eigenvalue weighted by atomic mass is 10.1. The van der Waals surface area contributed by atoms with Gasteiger partial charge in [0, 0.05) is 18.8 Å². The molecule has 8 nitrogen and oxygen atoms in total. The molecule has 3 amide bonds. The van der Waals surface area contributed by atoms with Crippen LogP contribution in [0.1, 0.15) is 17.3 Å². The van der Waals surface area contributed by atoms with Crippen molar-refractivity contribution in [3.8, 4) is 5.75 Å². The zero-order chi connectivity index (χ0) is 20.6. The van der Waals surface area contributed by atoms with E-state index in [2.05, 4.69) is 16.0 Å². The molecule has 0 unspecified atom stereocenters. The molecule has 1 fully saturated rings. The smallest absolute Gasteiger partial charge is 0.257 e. The molecule has 0 aliphatic carbocycles. The number of amides is 3. The van der Waals surface area contributed by atoms with Gasteiger partial charge in [0.25, 0.3) is 5.91 Å². The Bertz CT molecular complexity index is 883. The van der Waals surface area contributed by atoms with Crippen molar-refractivity contribution in [1.29, 1.82) is 0 Å². The van der Waals surface area contributed by atoms with E-state index in [9.17, 15) is 14.4 Å². The Hall–Kier alpha value is -3.39. The number of ether oxygens (including phenoxy) is 1. The summed E-state index contributed by atoms with van der Waals surface area (Å²) in [5.41, 5.74) is 1.40.